The van der Waals surface area contributed by atoms with E-state index in [1.807, 2.05) is 24.3 Å². The van der Waals surface area contributed by atoms with Crippen LogP contribution in [0.25, 0.3) is 0 Å². The monoisotopic (exact) mass is 175 g/mol. The van der Waals surface area contributed by atoms with E-state index in [4.69, 9.17) is 17.3 Å². The lowest BCUT2D eigenvalue weighted by Crippen LogP contribution is -2.11. The van der Waals surface area contributed by atoms with E-state index in [-0.39, 0.29) is 12.6 Å². The van der Waals surface area contributed by atoms with Crippen LogP contribution in [0.15, 0.2) is 24.3 Å². The Balaban J connectivity index is 2.83. The fourth-order valence-corrected chi connectivity index (χ4v) is 1.16. The van der Waals surface area contributed by atoms with Crippen LogP contribution in [0, 0.1) is 12.3 Å². The molecule has 1 atom stereocenters. The van der Waals surface area contributed by atoms with Gasteiger partial charge in [0.05, 0.1) is 0 Å². The van der Waals surface area contributed by atoms with Crippen LogP contribution < -0.4 is 5.73 Å². The van der Waals surface area contributed by atoms with Gasteiger partial charge in [-0.3, -0.25) is 0 Å². The van der Waals surface area contributed by atoms with E-state index in [1.165, 1.54) is 0 Å². The fourth-order valence-electron chi connectivity index (χ4n) is 1.16. The smallest absolute Gasteiger partial charge is 0.0449 e. The van der Waals surface area contributed by atoms with Gasteiger partial charge >= 0.3 is 0 Å². The predicted octanol–water partition coefficient (Wildman–Crippen LogP) is 1.05. The molecule has 1 aromatic rings. The Kier molecular flexibility index (Phi) is 3.51. The van der Waals surface area contributed by atoms with Crippen LogP contribution >= 0.6 is 0 Å². The van der Waals surface area contributed by atoms with Gasteiger partial charge in [0.25, 0.3) is 0 Å². The quantitative estimate of drug-likeness (QED) is 0.674. The maximum atomic E-state index is 8.70. The second kappa shape index (κ2) is 4.66. The Morgan fingerprint density at radius 1 is 1.54 bits per heavy atom. The number of benzene rings is 1. The van der Waals surface area contributed by atoms with Gasteiger partial charge in [0, 0.05) is 18.2 Å². The molecule has 0 aromatic heterocycles. The third kappa shape index (κ3) is 2.59. The molecular weight excluding hydrogens is 162 g/mol. The standard InChI is InChI=1S/C11H13NO/c1-2-9-4-3-5-10(8-9)11(12)6-7-13/h1,3-5,8,11,13H,6-7,12H2. The van der Waals surface area contributed by atoms with Crippen molar-refractivity contribution in [1.29, 1.82) is 0 Å². The highest BCUT2D eigenvalue weighted by atomic mass is 16.3. The molecule has 1 unspecified atom stereocenters. The molecular formula is C11H13NO. The Bertz CT molecular complexity index is 314. The first-order valence-electron chi connectivity index (χ1n) is 4.21. The topological polar surface area (TPSA) is 46.2 Å². The first-order chi connectivity index (χ1) is 6.27. The third-order valence-electron chi connectivity index (χ3n) is 1.92. The SMILES string of the molecule is C#Cc1cccc(C(N)CCO)c1. The van der Waals surface area contributed by atoms with Gasteiger partial charge in [0.1, 0.15) is 0 Å². The van der Waals surface area contributed by atoms with Crippen molar-refractivity contribution in [2.75, 3.05) is 6.61 Å². The summed E-state index contributed by atoms with van der Waals surface area (Å²) in [7, 11) is 0. The maximum Gasteiger partial charge on any atom is 0.0449 e. The number of terminal acetylenes is 1. The molecule has 0 heterocycles. The lowest BCUT2D eigenvalue weighted by molar-refractivity contribution is 0.276. The summed E-state index contributed by atoms with van der Waals surface area (Å²) in [5.41, 5.74) is 7.60. The van der Waals surface area contributed by atoms with Gasteiger partial charge in [-0.1, -0.05) is 18.1 Å². The lowest BCUT2D eigenvalue weighted by atomic mass is 10.0. The third-order valence-corrected chi connectivity index (χ3v) is 1.92. The summed E-state index contributed by atoms with van der Waals surface area (Å²) in [4.78, 5) is 0. The van der Waals surface area contributed by atoms with Crippen LogP contribution in [0.3, 0.4) is 0 Å². The van der Waals surface area contributed by atoms with Crippen molar-refractivity contribution in [3.05, 3.63) is 35.4 Å². The summed E-state index contributed by atoms with van der Waals surface area (Å²) >= 11 is 0. The molecule has 68 valence electrons. The van der Waals surface area contributed by atoms with Gasteiger partial charge in [-0.2, -0.15) is 0 Å². The van der Waals surface area contributed by atoms with Crippen molar-refractivity contribution >= 4 is 0 Å². The second-order valence-electron chi connectivity index (χ2n) is 2.89. The average molecular weight is 175 g/mol. The van der Waals surface area contributed by atoms with E-state index in [1.54, 1.807) is 0 Å². The van der Waals surface area contributed by atoms with Crippen LogP contribution in [-0.4, -0.2) is 11.7 Å². The summed E-state index contributed by atoms with van der Waals surface area (Å²) in [6.07, 6.45) is 5.82. The van der Waals surface area contributed by atoms with Crippen LogP contribution in [0.4, 0.5) is 0 Å². The largest absolute Gasteiger partial charge is 0.396 e. The molecule has 0 aliphatic carbocycles. The number of aliphatic hydroxyl groups is 1. The molecule has 0 radical (unpaired) electrons. The van der Waals surface area contributed by atoms with Crippen LogP contribution in [-0.2, 0) is 0 Å². The van der Waals surface area contributed by atoms with Crippen molar-refractivity contribution in [3.63, 3.8) is 0 Å². The van der Waals surface area contributed by atoms with E-state index in [0.29, 0.717) is 6.42 Å². The molecule has 13 heavy (non-hydrogen) atoms. The summed E-state index contributed by atoms with van der Waals surface area (Å²) < 4.78 is 0. The van der Waals surface area contributed by atoms with Crippen molar-refractivity contribution in [3.8, 4) is 12.3 Å². The maximum absolute atomic E-state index is 8.70. The van der Waals surface area contributed by atoms with Gasteiger partial charge in [-0.15, -0.1) is 6.42 Å². The first kappa shape index (κ1) is 9.79. The van der Waals surface area contributed by atoms with E-state index < -0.39 is 0 Å². The van der Waals surface area contributed by atoms with Crippen molar-refractivity contribution < 1.29 is 5.11 Å². The summed E-state index contributed by atoms with van der Waals surface area (Å²) in [5, 5.41) is 8.70. The zero-order chi connectivity index (χ0) is 9.68. The minimum absolute atomic E-state index is 0.0987. The first-order valence-corrected chi connectivity index (χ1v) is 4.21. The normalized spacial score (nSPS) is 12.1. The Hall–Kier alpha value is -1.30. The number of hydrogen-bond acceptors (Lipinski definition) is 2. The number of nitrogens with two attached hydrogens (primary N) is 1. The zero-order valence-corrected chi connectivity index (χ0v) is 7.40. The molecule has 0 saturated heterocycles. The van der Waals surface area contributed by atoms with Gasteiger partial charge in [-0.05, 0) is 24.1 Å². The molecule has 0 saturated carbocycles. The fraction of sp³-hybridized carbons (Fsp3) is 0.273. The molecule has 0 amide bonds. The Labute approximate surface area is 78.4 Å². The summed E-state index contributed by atoms with van der Waals surface area (Å²) in [6, 6.07) is 7.40. The number of aliphatic hydroxyl groups excluding tert-OH is 1. The summed E-state index contributed by atoms with van der Waals surface area (Å²) in [6.45, 7) is 0.0987. The number of hydrogen-bond donors (Lipinski definition) is 2. The molecule has 1 aromatic carbocycles. The molecule has 2 nitrogen and oxygen atoms in total. The molecule has 1 rings (SSSR count). The van der Waals surface area contributed by atoms with E-state index in [9.17, 15) is 0 Å². The van der Waals surface area contributed by atoms with E-state index in [0.717, 1.165) is 11.1 Å². The molecule has 0 fully saturated rings. The van der Waals surface area contributed by atoms with Gasteiger partial charge < -0.3 is 10.8 Å². The number of rotatable bonds is 3. The molecule has 0 aliphatic rings. The second-order valence-corrected chi connectivity index (χ2v) is 2.89. The zero-order valence-electron chi connectivity index (χ0n) is 7.40. The molecule has 0 bridgehead atoms. The highest BCUT2D eigenvalue weighted by Crippen LogP contribution is 2.14. The van der Waals surface area contributed by atoms with Gasteiger partial charge in [0.15, 0.2) is 0 Å². The van der Waals surface area contributed by atoms with Crippen LogP contribution in [0.5, 0.6) is 0 Å². The molecule has 0 spiro atoms. The van der Waals surface area contributed by atoms with Crippen molar-refractivity contribution in [2.24, 2.45) is 5.73 Å². The van der Waals surface area contributed by atoms with Crippen LogP contribution in [0.1, 0.15) is 23.6 Å². The minimum atomic E-state index is -0.127. The molecule has 3 N–H and O–H groups in total. The van der Waals surface area contributed by atoms with Crippen molar-refractivity contribution in [2.45, 2.75) is 12.5 Å². The van der Waals surface area contributed by atoms with Gasteiger partial charge in [-0.25, -0.2) is 0 Å². The molecule has 0 aliphatic heterocycles. The van der Waals surface area contributed by atoms with Crippen molar-refractivity contribution in [1.82, 2.24) is 0 Å². The Morgan fingerprint density at radius 2 is 2.31 bits per heavy atom. The highest BCUT2D eigenvalue weighted by molar-refractivity contribution is 5.36. The summed E-state index contributed by atoms with van der Waals surface area (Å²) in [5.74, 6) is 2.55. The van der Waals surface area contributed by atoms with Crippen LogP contribution in [0.2, 0.25) is 0 Å². The predicted molar refractivity (Wildman–Crippen MR) is 53.0 cm³/mol. The minimum Gasteiger partial charge on any atom is -0.396 e. The Morgan fingerprint density at radius 3 is 2.92 bits per heavy atom. The van der Waals surface area contributed by atoms with E-state index in [2.05, 4.69) is 5.92 Å². The average Bonchev–Trinajstić information content (AvgIpc) is 2.18. The van der Waals surface area contributed by atoms with Gasteiger partial charge in [0.2, 0.25) is 0 Å². The highest BCUT2D eigenvalue weighted by Gasteiger charge is 2.04. The van der Waals surface area contributed by atoms with E-state index >= 15 is 0 Å². The lowest BCUT2D eigenvalue weighted by Gasteiger charge is -2.09. The molecule has 2 heteroatoms.